The van der Waals surface area contributed by atoms with Crippen LogP contribution < -0.4 is 5.32 Å². The molecule has 1 unspecified atom stereocenters. The van der Waals surface area contributed by atoms with Gasteiger partial charge in [0, 0.05) is 24.2 Å². The molecule has 0 aliphatic carbocycles. The van der Waals surface area contributed by atoms with Gasteiger partial charge in [-0.15, -0.1) is 21.5 Å². The van der Waals surface area contributed by atoms with Crippen molar-refractivity contribution in [1.82, 2.24) is 25.1 Å². The van der Waals surface area contributed by atoms with Crippen molar-refractivity contribution >= 4 is 11.3 Å². The van der Waals surface area contributed by atoms with Gasteiger partial charge in [-0.1, -0.05) is 0 Å². The van der Waals surface area contributed by atoms with Crippen molar-refractivity contribution in [2.24, 2.45) is 0 Å². The van der Waals surface area contributed by atoms with Gasteiger partial charge in [0.25, 0.3) is 0 Å². The zero-order valence-corrected chi connectivity index (χ0v) is 9.16. The molecule has 1 atom stereocenters. The lowest BCUT2D eigenvalue weighted by atomic mass is 10.2. The second-order valence-electron chi connectivity index (χ2n) is 3.63. The van der Waals surface area contributed by atoms with Crippen LogP contribution in [0.1, 0.15) is 18.8 Å². The lowest BCUT2D eigenvalue weighted by molar-refractivity contribution is 0.425. The number of thiazole rings is 1. The summed E-state index contributed by atoms with van der Waals surface area (Å²) in [5.74, 6) is 1.90. The third-order valence-electron chi connectivity index (χ3n) is 2.55. The summed E-state index contributed by atoms with van der Waals surface area (Å²) in [4.78, 5) is 4.28. The number of nitrogens with one attached hydrogen (secondary N) is 1. The molecule has 0 aromatic carbocycles. The molecule has 2 aromatic rings. The first kappa shape index (κ1) is 8.99. The number of rotatable bonds is 1. The summed E-state index contributed by atoms with van der Waals surface area (Å²) in [6.45, 7) is 3.92. The van der Waals surface area contributed by atoms with E-state index in [9.17, 15) is 0 Å². The Balaban J connectivity index is 2.14. The van der Waals surface area contributed by atoms with Crippen molar-refractivity contribution in [2.45, 2.75) is 19.5 Å². The largest absolute Gasteiger partial charge is 0.308 e. The second kappa shape index (κ2) is 3.39. The van der Waals surface area contributed by atoms with E-state index in [1.54, 1.807) is 17.5 Å². The first-order chi connectivity index (χ1) is 7.36. The molecule has 78 valence electrons. The van der Waals surface area contributed by atoms with Gasteiger partial charge in [0.15, 0.2) is 10.8 Å². The van der Waals surface area contributed by atoms with Crippen molar-refractivity contribution in [3.05, 3.63) is 17.4 Å². The van der Waals surface area contributed by atoms with E-state index in [0.717, 1.165) is 29.7 Å². The van der Waals surface area contributed by atoms with Crippen molar-refractivity contribution < 1.29 is 0 Å². The summed E-state index contributed by atoms with van der Waals surface area (Å²) in [6.07, 6.45) is 1.80. The lowest BCUT2D eigenvalue weighted by Crippen LogP contribution is -2.31. The molecule has 0 bridgehead atoms. The maximum Gasteiger partial charge on any atom is 0.193 e. The van der Waals surface area contributed by atoms with E-state index in [2.05, 4.69) is 32.0 Å². The van der Waals surface area contributed by atoms with Crippen LogP contribution in [0.15, 0.2) is 11.6 Å². The Kier molecular flexibility index (Phi) is 2.03. The summed E-state index contributed by atoms with van der Waals surface area (Å²) < 4.78 is 2.18. The van der Waals surface area contributed by atoms with Crippen LogP contribution in [-0.4, -0.2) is 26.3 Å². The van der Waals surface area contributed by atoms with Crippen molar-refractivity contribution in [2.75, 3.05) is 6.54 Å². The molecule has 1 aliphatic rings. The first-order valence-corrected chi connectivity index (χ1v) is 5.78. The average molecular weight is 221 g/mol. The fraction of sp³-hybridized carbons (Fsp3) is 0.444. The smallest absolute Gasteiger partial charge is 0.193 e. The Morgan fingerprint density at radius 2 is 2.47 bits per heavy atom. The van der Waals surface area contributed by atoms with Crippen LogP contribution in [0, 0.1) is 0 Å². The summed E-state index contributed by atoms with van der Waals surface area (Å²) in [5, 5.41) is 14.6. The number of fused-ring (bicyclic) bond motifs is 1. The Labute approximate surface area is 91.2 Å². The highest BCUT2D eigenvalue weighted by Gasteiger charge is 2.22. The van der Waals surface area contributed by atoms with Crippen molar-refractivity contribution in [3.63, 3.8) is 0 Å². The van der Waals surface area contributed by atoms with Gasteiger partial charge in [-0.3, -0.25) is 0 Å². The van der Waals surface area contributed by atoms with Crippen LogP contribution in [-0.2, 0) is 6.54 Å². The fourth-order valence-corrected chi connectivity index (χ4v) is 2.49. The van der Waals surface area contributed by atoms with E-state index in [0.29, 0.717) is 6.04 Å². The van der Waals surface area contributed by atoms with Crippen molar-refractivity contribution in [1.29, 1.82) is 0 Å². The first-order valence-electron chi connectivity index (χ1n) is 4.90. The molecule has 0 fully saturated rings. The van der Waals surface area contributed by atoms with Gasteiger partial charge in [-0.25, -0.2) is 4.98 Å². The molecule has 1 N–H and O–H groups in total. The molecule has 0 spiro atoms. The van der Waals surface area contributed by atoms with E-state index in [4.69, 9.17) is 0 Å². The molecule has 3 heterocycles. The third kappa shape index (κ3) is 1.37. The summed E-state index contributed by atoms with van der Waals surface area (Å²) in [7, 11) is 0. The van der Waals surface area contributed by atoms with Gasteiger partial charge in [0.1, 0.15) is 5.82 Å². The molecule has 2 aromatic heterocycles. The van der Waals surface area contributed by atoms with Gasteiger partial charge in [-0.05, 0) is 6.92 Å². The summed E-state index contributed by atoms with van der Waals surface area (Å²) >= 11 is 1.60. The molecule has 6 heteroatoms. The fourth-order valence-electron chi connectivity index (χ4n) is 1.87. The Morgan fingerprint density at radius 3 is 3.27 bits per heavy atom. The van der Waals surface area contributed by atoms with Gasteiger partial charge in [-0.2, -0.15) is 0 Å². The van der Waals surface area contributed by atoms with Crippen LogP contribution in [0.5, 0.6) is 0 Å². The Hall–Kier alpha value is -1.27. The third-order valence-corrected chi connectivity index (χ3v) is 3.32. The summed E-state index contributed by atoms with van der Waals surface area (Å²) in [6, 6.07) is 0.391. The Bertz CT molecular complexity index is 461. The van der Waals surface area contributed by atoms with Crippen LogP contribution in [0.2, 0.25) is 0 Å². The number of hydrogen-bond acceptors (Lipinski definition) is 5. The topological polar surface area (TPSA) is 55.6 Å². The Morgan fingerprint density at radius 1 is 1.53 bits per heavy atom. The van der Waals surface area contributed by atoms with Gasteiger partial charge < -0.3 is 9.88 Å². The SMILES string of the molecule is CC1CNCc2nnc(-c3nccs3)n21. The second-order valence-corrected chi connectivity index (χ2v) is 4.52. The van der Waals surface area contributed by atoms with Gasteiger partial charge in [0.05, 0.1) is 6.54 Å². The molecule has 1 aliphatic heterocycles. The normalized spacial score (nSPS) is 20.2. The maximum absolute atomic E-state index is 4.28. The molecule has 0 amide bonds. The van der Waals surface area contributed by atoms with Crippen LogP contribution in [0.3, 0.4) is 0 Å². The average Bonchev–Trinajstić information content (AvgIpc) is 2.85. The number of hydrogen-bond donors (Lipinski definition) is 1. The summed E-state index contributed by atoms with van der Waals surface area (Å²) in [5.41, 5.74) is 0. The molecular weight excluding hydrogens is 210 g/mol. The zero-order valence-electron chi connectivity index (χ0n) is 8.34. The van der Waals surface area contributed by atoms with E-state index in [1.165, 1.54) is 0 Å². The monoisotopic (exact) mass is 221 g/mol. The lowest BCUT2D eigenvalue weighted by Gasteiger charge is -2.22. The molecule has 3 rings (SSSR count). The predicted molar refractivity (Wildman–Crippen MR) is 57.5 cm³/mol. The molecular formula is C9H11N5S. The molecule has 0 radical (unpaired) electrons. The predicted octanol–water partition coefficient (Wildman–Crippen LogP) is 1.07. The standard InChI is InChI=1S/C9H11N5S/c1-6-4-10-5-7-12-13-8(14(6)7)9-11-2-3-15-9/h2-3,6,10H,4-5H2,1H3. The highest BCUT2D eigenvalue weighted by Crippen LogP contribution is 2.25. The zero-order chi connectivity index (χ0) is 10.3. The quantitative estimate of drug-likeness (QED) is 0.782. The minimum atomic E-state index is 0.391. The van der Waals surface area contributed by atoms with E-state index >= 15 is 0 Å². The van der Waals surface area contributed by atoms with Crippen LogP contribution in [0.25, 0.3) is 10.8 Å². The van der Waals surface area contributed by atoms with Crippen LogP contribution >= 0.6 is 11.3 Å². The van der Waals surface area contributed by atoms with E-state index in [1.807, 2.05) is 5.38 Å². The van der Waals surface area contributed by atoms with E-state index in [-0.39, 0.29) is 0 Å². The minimum absolute atomic E-state index is 0.391. The number of aromatic nitrogens is 4. The molecule has 5 nitrogen and oxygen atoms in total. The molecule has 0 saturated heterocycles. The van der Waals surface area contributed by atoms with Crippen molar-refractivity contribution in [3.8, 4) is 10.8 Å². The molecule has 15 heavy (non-hydrogen) atoms. The maximum atomic E-state index is 4.28. The van der Waals surface area contributed by atoms with E-state index < -0.39 is 0 Å². The highest BCUT2D eigenvalue weighted by atomic mass is 32.1. The minimum Gasteiger partial charge on any atom is -0.308 e. The number of nitrogens with zero attached hydrogens (tertiary/aromatic N) is 4. The van der Waals surface area contributed by atoms with Gasteiger partial charge >= 0.3 is 0 Å². The van der Waals surface area contributed by atoms with Gasteiger partial charge in [0.2, 0.25) is 0 Å². The van der Waals surface area contributed by atoms with Crippen LogP contribution in [0.4, 0.5) is 0 Å². The highest BCUT2D eigenvalue weighted by molar-refractivity contribution is 7.13. The molecule has 0 saturated carbocycles.